The van der Waals surface area contributed by atoms with E-state index in [2.05, 4.69) is 10.3 Å². The van der Waals surface area contributed by atoms with Crippen molar-refractivity contribution in [3.8, 4) is 0 Å². The number of carbonyl (C=O) groups is 2. The van der Waals surface area contributed by atoms with E-state index in [1.165, 1.54) is 18.9 Å². The molecule has 1 N–H and O–H groups in total. The van der Waals surface area contributed by atoms with Gasteiger partial charge in [-0.25, -0.2) is 13.6 Å². The molecule has 2 aromatic carbocycles. The number of anilines is 1. The third kappa shape index (κ3) is 5.39. The van der Waals surface area contributed by atoms with Crippen molar-refractivity contribution in [2.75, 3.05) is 18.2 Å². The molecule has 1 unspecified atom stereocenters. The van der Waals surface area contributed by atoms with E-state index in [0.29, 0.717) is 17.9 Å². The molecular weight excluding hydrogens is 386 g/mol. The van der Waals surface area contributed by atoms with Crippen LogP contribution in [0.3, 0.4) is 0 Å². The molecule has 0 bridgehead atoms. The standard InChI is InChI=1S/C20H18F2N2O3S/c1-27-20(26)17-11-28-19(24-17)9-12-2-4-16(5-3-12)23-18(25)8-13-6-14(21)10-15(22)7-13/h2-7,10,17H,8-9,11H2,1H3,(H,23,25). The van der Waals surface area contributed by atoms with E-state index in [-0.39, 0.29) is 23.9 Å². The number of ether oxygens (including phenoxy) is 1. The Hall–Kier alpha value is -2.74. The highest BCUT2D eigenvalue weighted by Gasteiger charge is 2.25. The summed E-state index contributed by atoms with van der Waals surface area (Å²) in [4.78, 5) is 27.9. The molecule has 0 saturated heterocycles. The zero-order chi connectivity index (χ0) is 20.1. The summed E-state index contributed by atoms with van der Waals surface area (Å²) in [5.41, 5.74) is 1.84. The van der Waals surface area contributed by atoms with Gasteiger partial charge < -0.3 is 10.1 Å². The van der Waals surface area contributed by atoms with Gasteiger partial charge >= 0.3 is 5.97 Å². The highest BCUT2D eigenvalue weighted by Crippen LogP contribution is 2.22. The Bertz CT molecular complexity index is 896. The Labute approximate surface area is 165 Å². The zero-order valence-electron chi connectivity index (χ0n) is 15.1. The monoisotopic (exact) mass is 404 g/mol. The first-order valence-corrected chi connectivity index (χ1v) is 9.52. The minimum Gasteiger partial charge on any atom is -0.467 e. The maximum absolute atomic E-state index is 13.2. The molecule has 2 aromatic rings. The van der Waals surface area contributed by atoms with Gasteiger partial charge in [-0.2, -0.15) is 0 Å². The lowest BCUT2D eigenvalue weighted by atomic mass is 10.1. The number of benzene rings is 2. The Kier molecular flexibility index (Phi) is 6.41. The molecule has 8 heteroatoms. The van der Waals surface area contributed by atoms with Gasteiger partial charge in [0.05, 0.1) is 18.6 Å². The fourth-order valence-corrected chi connectivity index (χ4v) is 3.79. The zero-order valence-corrected chi connectivity index (χ0v) is 15.9. The second-order valence-corrected chi connectivity index (χ2v) is 7.34. The molecule has 1 aliphatic rings. The minimum atomic E-state index is -0.714. The summed E-state index contributed by atoms with van der Waals surface area (Å²) in [6, 6.07) is 9.78. The van der Waals surface area contributed by atoms with Crippen molar-refractivity contribution in [3.05, 3.63) is 65.2 Å². The maximum atomic E-state index is 13.2. The average molecular weight is 404 g/mol. The molecule has 1 heterocycles. The van der Waals surface area contributed by atoms with Crippen LogP contribution in [0.1, 0.15) is 11.1 Å². The van der Waals surface area contributed by atoms with Crippen LogP contribution in [0.2, 0.25) is 0 Å². The number of hydrogen-bond donors (Lipinski definition) is 1. The molecular formula is C20H18F2N2O3S. The smallest absolute Gasteiger partial charge is 0.331 e. The fraction of sp³-hybridized carbons (Fsp3) is 0.250. The summed E-state index contributed by atoms with van der Waals surface area (Å²) >= 11 is 1.53. The number of nitrogens with zero attached hydrogens (tertiary/aromatic N) is 1. The quantitative estimate of drug-likeness (QED) is 0.750. The van der Waals surface area contributed by atoms with Gasteiger partial charge in [-0.1, -0.05) is 12.1 Å². The van der Waals surface area contributed by atoms with Crippen LogP contribution in [0, 0.1) is 11.6 Å². The van der Waals surface area contributed by atoms with Crippen molar-refractivity contribution < 1.29 is 23.1 Å². The maximum Gasteiger partial charge on any atom is 0.331 e. The Morgan fingerprint density at radius 3 is 2.46 bits per heavy atom. The summed E-state index contributed by atoms with van der Waals surface area (Å²) in [5, 5.41) is 3.56. The first kappa shape index (κ1) is 20.0. The molecule has 0 spiro atoms. The largest absolute Gasteiger partial charge is 0.467 e. The van der Waals surface area contributed by atoms with Gasteiger partial charge in [0.25, 0.3) is 0 Å². The minimum absolute atomic E-state index is 0.126. The topological polar surface area (TPSA) is 67.8 Å². The van der Waals surface area contributed by atoms with E-state index < -0.39 is 17.7 Å². The molecule has 0 saturated carbocycles. The van der Waals surface area contributed by atoms with E-state index in [0.717, 1.165) is 28.8 Å². The molecule has 0 aliphatic carbocycles. The van der Waals surface area contributed by atoms with Crippen molar-refractivity contribution in [1.29, 1.82) is 0 Å². The van der Waals surface area contributed by atoms with Gasteiger partial charge in [0.2, 0.25) is 5.91 Å². The number of thioether (sulfide) groups is 1. The van der Waals surface area contributed by atoms with Crippen molar-refractivity contribution in [3.63, 3.8) is 0 Å². The predicted octanol–water partition coefficient (Wildman–Crippen LogP) is 3.38. The predicted molar refractivity (Wildman–Crippen MR) is 105 cm³/mol. The van der Waals surface area contributed by atoms with Crippen molar-refractivity contribution in [2.24, 2.45) is 4.99 Å². The third-order valence-corrected chi connectivity index (χ3v) is 5.13. The highest BCUT2D eigenvalue weighted by atomic mass is 32.2. The number of methoxy groups -OCH3 is 1. The van der Waals surface area contributed by atoms with Crippen molar-refractivity contribution in [2.45, 2.75) is 18.9 Å². The van der Waals surface area contributed by atoms with Gasteiger partial charge in [0, 0.05) is 23.9 Å². The number of nitrogens with one attached hydrogen (secondary N) is 1. The van der Waals surface area contributed by atoms with Crippen LogP contribution >= 0.6 is 11.8 Å². The van der Waals surface area contributed by atoms with E-state index in [9.17, 15) is 18.4 Å². The van der Waals surface area contributed by atoms with Crippen LogP contribution in [0.5, 0.6) is 0 Å². The van der Waals surface area contributed by atoms with Gasteiger partial charge in [0.15, 0.2) is 6.04 Å². The fourth-order valence-electron chi connectivity index (χ4n) is 2.76. The number of halogens is 2. The van der Waals surface area contributed by atoms with E-state index >= 15 is 0 Å². The molecule has 1 aliphatic heterocycles. The number of amides is 1. The number of carbonyl (C=O) groups excluding carboxylic acids is 2. The number of rotatable bonds is 6. The van der Waals surface area contributed by atoms with Gasteiger partial charge in [-0.3, -0.25) is 9.79 Å². The summed E-state index contributed by atoms with van der Waals surface area (Å²) in [6.45, 7) is 0. The van der Waals surface area contributed by atoms with Crippen LogP contribution in [0.15, 0.2) is 47.5 Å². The van der Waals surface area contributed by atoms with Crippen molar-refractivity contribution >= 4 is 34.4 Å². The Balaban J connectivity index is 1.55. The Morgan fingerprint density at radius 1 is 1.14 bits per heavy atom. The first-order chi connectivity index (χ1) is 13.4. The number of esters is 1. The lowest BCUT2D eigenvalue weighted by Crippen LogP contribution is -2.19. The molecule has 5 nitrogen and oxygen atoms in total. The summed E-state index contributed by atoms with van der Waals surface area (Å²) in [6.07, 6.45) is 0.466. The average Bonchev–Trinajstić information content (AvgIpc) is 3.10. The van der Waals surface area contributed by atoms with Gasteiger partial charge in [-0.05, 0) is 35.4 Å². The molecule has 1 atom stereocenters. The summed E-state index contributed by atoms with van der Waals surface area (Å²) < 4.78 is 31.1. The molecule has 1 amide bonds. The molecule has 0 aromatic heterocycles. The van der Waals surface area contributed by atoms with E-state index in [4.69, 9.17) is 4.74 Å². The van der Waals surface area contributed by atoms with Crippen LogP contribution in [0.25, 0.3) is 0 Å². The lowest BCUT2D eigenvalue weighted by Gasteiger charge is -2.07. The molecule has 3 rings (SSSR count). The second kappa shape index (κ2) is 8.97. The van der Waals surface area contributed by atoms with Crippen LogP contribution in [0.4, 0.5) is 14.5 Å². The van der Waals surface area contributed by atoms with Gasteiger partial charge in [-0.15, -0.1) is 11.8 Å². The molecule has 28 heavy (non-hydrogen) atoms. The molecule has 0 fully saturated rings. The van der Waals surface area contributed by atoms with E-state index in [1.807, 2.05) is 12.1 Å². The molecule has 0 radical (unpaired) electrons. The lowest BCUT2D eigenvalue weighted by molar-refractivity contribution is -0.141. The summed E-state index contributed by atoms with van der Waals surface area (Å²) in [7, 11) is 1.35. The number of aliphatic imine (C=N–C) groups is 1. The third-order valence-electron chi connectivity index (χ3n) is 4.06. The van der Waals surface area contributed by atoms with Gasteiger partial charge in [0.1, 0.15) is 11.6 Å². The molecule has 146 valence electrons. The van der Waals surface area contributed by atoms with Crippen molar-refractivity contribution in [1.82, 2.24) is 0 Å². The van der Waals surface area contributed by atoms with Crippen LogP contribution in [-0.4, -0.2) is 35.8 Å². The Morgan fingerprint density at radius 2 is 1.82 bits per heavy atom. The number of hydrogen-bond acceptors (Lipinski definition) is 5. The van der Waals surface area contributed by atoms with Crippen LogP contribution < -0.4 is 5.32 Å². The SMILES string of the molecule is COC(=O)C1CSC(Cc2ccc(NC(=O)Cc3cc(F)cc(F)c3)cc2)=N1. The van der Waals surface area contributed by atoms with Crippen LogP contribution in [-0.2, 0) is 27.2 Å². The second-order valence-electron chi connectivity index (χ2n) is 6.25. The van der Waals surface area contributed by atoms with E-state index in [1.54, 1.807) is 12.1 Å². The highest BCUT2D eigenvalue weighted by molar-refractivity contribution is 8.14. The first-order valence-electron chi connectivity index (χ1n) is 8.54. The summed E-state index contributed by atoms with van der Waals surface area (Å²) in [5.74, 6) is -1.55. The normalized spacial score (nSPS) is 15.8.